The molecule has 1 amide bonds. The first-order chi connectivity index (χ1) is 8.33. The van der Waals surface area contributed by atoms with E-state index in [1.54, 1.807) is 0 Å². The van der Waals surface area contributed by atoms with Crippen LogP contribution >= 0.6 is 0 Å². The summed E-state index contributed by atoms with van der Waals surface area (Å²) in [6.07, 6.45) is -0.418. The predicted octanol–water partition coefficient (Wildman–Crippen LogP) is 2.11. The van der Waals surface area contributed by atoms with Gasteiger partial charge < -0.3 is 11.1 Å². The average molecular weight is 264 g/mol. The number of nitrogens with two attached hydrogens (primary N) is 1. The number of hydrogen-bond donors (Lipinski definition) is 2. The number of carbonyl (C=O) groups excluding carboxylic acids is 1. The molecule has 0 aromatic rings. The molecule has 2 saturated carbocycles. The van der Waals surface area contributed by atoms with Crippen LogP contribution in [-0.2, 0) is 4.79 Å². The van der Waals surface area contributed by atoms with Gasteiger partial charge in [0.2, 0.25) is 5.91 Å². The first-order valence-electron chi connectivity index (χ1n) is 6.49. The molecule has 18 heavy (non-hydrogen) atoms. The van der Waals surface area contributed by atoms with E-state index in [2.05, 4.69) is 5.32 Å². The lowest BCUT2D eigenvalue weighted by Crippen LogP contribution is -2.62. The highest BCUT2D eigenvalue weighted by Crippen LogP contribution is 2.38. The fourth-order valence-corrected chi connectivity index (χ4v) is 2.79. The van der Waals surface area contributed by atoms with Gasteiger partial charge in [-0.1, -0.05) is 12.8 Å². The van der Waals surface area contributed by atoms with Crippen LogP contribution in [0.15, 0.2) is 0 Å². The van der Waals surface area contributed by atoms with Crippen molar-refractivity contribution in [1.29, 1.82) is 0 Å². The van der Waals surface area contributed by atoms with Gasteiger partial charge in [-0.15, -0.1) is 0 Å². The minimum atomic E-state index is -4.24. The molecular formula is C12H19F3N2O. The molecule has 2 fully saturated rings. The van der Waals surface area contributed by atoms with Crippen LogP contribution in [0.3, 0.4) is 0 Å². The third-order valence-electron chi connectivity index (χ3n) is 4.20. The van der Waals surface area contributed by atoms with Gasteiger partial charge in [-0.2, -0.15) is 13.2 Å². The van der Waals surface area contributed by atoms with Crippen molar-refractivity contribution in [2.45, 2.75) is 62.7 Å². The summed E-state index contributed by atoms with van der Waals surface area (Å²) >= 11 is 0. The number of amides is 1. The fraction of sp³-hybridized carbons (Fsp3) is 0.917. The molecule has 0 spiro atoms. The van der Waals surface area contributed by atoms with Gasteiger partial charge in [-0.05, 0) is 32.1 Å². The lowest BCUT2D eigenvalue weighted by Gasteiger charge is -2.40. The fourth-order valence-electron chi connectivity index (χ4n) is 2.79. The number of hydrogen-bond acceptors (Lipinski definition) is 2. The molecule has 0 aliphatic heterocycles. The molecule has 0 aromatic carbocycles. The van der Waals surface area contributed by atoms with Crippen molar-refractivity contribution in [3.63, 3.8) is 0 Å². The van der Waals surface area contributed by atoms with E-state index in [0.717, 1.165) is 12.8 Å². The summed E-state index contributed by atoms with van der Waals surface area (Å²) in [6, 6.07) is -0.799. The van der Waals surface area contributed by atoms with Gasteiger partial charge in [-0.25, -0.2) is 0 Å². The number of carbonyl (C=O) groups is 1. The van der Waals surface area contributed by atoms with E-state index in [4.69, 9.17) is 5.73 Å². The standard InChI is InChI=1S/C12H19F3N2O/c13-12(14,15)8-4-1-2-5-9(8)17-10(18)11(16)6-3-7-11/h8-9H,1-7,16H2,(H,17,18). The van der Waals surface area contributed by atoms with Gasteiger partial charge in [0.25, 0.3) is 0 Å². The highest BCUT2D eigenvalue weighted by Gasteiger charge is 2.48. The smallest absolute Gasteiger partial charge is 0.351 e. The van der Waals surface area contributed by atoms with E-state index < -0.39 is 29.6 Å². The Balaban J connectivity index is 1.99. The van der Waals surface area contributed by atoms with Gasteiger partial charge >= 0.3 is 6.18 Å². The summed E-state index contributed by atoms with van der Waals surface area (Å²) in [4.78, 5) is 11.9. The van der Waals surface area contributed by atoms with Crippen LogP contribution in [0.4, 0.5) is 13.2 Å². The Bertz CT molecular complexity index is 326. The summed E-state index contributed by atoms with van der Waals surface area (Å²) in [5.41, 5.74) is 4.90. The van der Waals surface area contributed by atoms with Crippen molar-refractivity contribution in [2.75, 3.05) is 0 Å². The van der Waals surface area contributed by atoms with Crippen molar-refractivity contribution in [1.82, 2.24) is 5.32 Å². The summed E-state index contributed by atoms with van der Waals surface area (Å²) in [5.74, 6) is -1.83. The van der Waals surface area contributed by atoms with E-state index in [0.29, 0.717) is 25.7 Å². The molecule has 2 aliphatic rings. The molecule has 0 radical (unpaired) electrons. The topological polar surface area (TPSA) is 55.1 Å². The van der Waals surface area contributed by atoms with Gasteiger partial charge in [0.1, 0.15) is 0 Å². The zero-order valence-electron chi connectivity index (χ0n) is 10.2. The van der Waals surface area contributed by atoms with Crippen molar-refractivity contribution < 1.29 is 18.0 Å². The van der Waals surface area contributed by atoms with Gasteiger partial charge in [0, 0.05) is 6.04 Å². The molecule has 0 bridgehead atoms. The maximum Gasteiger partial charge on any atom is 0.393 e. The molecule has 2 rings (SSSR count). The maximum atomic E-state index is 12.9. The number of rotatable bonds is 2. The molecule has 0 saturated heterocycles. The monoisotopic (exact) mass is 264 g/mol. The second-order valence-electron chi connectivity index (χ2n) is 5.52. The van der Waals surface area contributed by atoms with E-state index in [9.17, 15) is 18.0 Å². The predicted molar refractivity (Wildman–Crippen MR) is 60.7 cm³/mol. The van der Waals surface area contributed by atoms with Crippen molar-refractivity contribution in [3.05, 3.63) is 0 Å². The maximum absolute atomic E-state index is 12.9. The third-order valence-corrected chi connectivity index (χ3v) is 4.20. The Morgan fingerprint density at radius 1 is 1.17 bits per heavy atom. The molecular weight excluding hydrogens is 245 g/mol. The van der Waals surface area contributed by atoms with Gasteiger partial charge in [0.05, 0.1) is 11.5 Å². The number of nitrogens with one attached hydrogen (secondary N) is 1. The highest BCUT2D eigenvalue weighted by atomic mass is 19.4. The summed E-state index contributed by atoms with van der Waals surface area (Å²) < 4.78 is 38.6. The SMILES string of the molecule is NC1(C(=O)NC2CCCCC2C(F)(F)F)CCC1. The molecule has 6 heteroatoms. The van der Waals surface area contributed by atoms with E-state index >= 15 is 0 Å². The van der Waals surface area contributed by atoms with Gasteiger partial charge in [0.15, 0.2) is 0 Å². The minimum absolute atomic E-state index is 0.103. The lowest BCUT2D eigenvalue weighted by atomic mass is 9.76. The second kappa shape index (κ2) is 4.72. The Labute approximate surface area is 104 Å². The largest absolute Gasteiger partial charge is 0.393 e. The van der Waals surface area contributed by atoms with Crippen LogP contribution in [0, 0.1) is 5.92 Å². The van der Waals surface area contributed by atoms with E-state index in [-0.39, 0.29) is 6.42 Å². The van der Waals surface area contributed by atoms with Crippen LogP contribution in [-0.4, -0.2) is 23.7 Å². The zero-order chi connectivity index (χ0) is 13.4. The second-order valence-corrected chi connectivity index (χ2v) is 5.52. The van der Waals surface area contributed by atoms with E-state index in [1.165, 1.54) is 0 Å². The van der Waals surface area contributed by atoms with Crippen LogP contribution in [0.2, 0.25) is 0 Å². The quantitative estimate of drug-likeness (QED) is 0.802. The first kappa shape index (κ1) is 13.6. The van der Waals surface area contributed by atoms with Crippen LogP contribution in [0.25, 0.3) is 0 Å². The average Bonchev–Trinajstić information content (AvgIpc) is 2.25. The summed E-state index contributed by atoms with van der Waals surface area (Å²) in [5, 5.41) is 2.53. The molecule has 0 aromatic heterocycles. The molecule has 3 nitrogen and oxygen atoms in total. The molecule has 104 valence electrons. The third kappa shape index (κ3) is 2.63. The Morgan fingerprint density at radius 2 is 1.78 bits per heavy atom. The highest BCUT2D eigenvalue weighted by molar-refractivity contribution is 5.87. The first-order valence-corrected chi connectivity index (χ1v) is 6.49. The Hall–Kier alpha value is -0.780. The molecule has 2 atom stereocenters. The van der Waals surface area contributed by atoms with Crippen molar-refractivity contribution >= 4 is 5.91 Å². The molecule has 0 heterocycles. The Morgan fingerprint density at radius 3 is 2.28 bits per heavy atom. The molecule has 2 aliphatic carbocycles. The van der Waals surface area contributed by atoms with E-state index in [1.807, 2.05) is 0 Å². The van der Waals surface area contributed by atoms with Crippen LogP contribution in [0.5, 0.6) is 0 Å². The van der Waals surface area contributed by atoms with Crippen LogP contribution < -0.4 is 11.1 Å². The van der Waals surface area contributed by atoms with Crippen LogP contribution in [0.1, 0.15) is 44.9 Å². The Kier molecular flexibility index (Phi) is 3.58. The normalized spacial score (nSPS) is 31.6. The number of halogens is 3. The number of alkyl halides is 3. The lowest BCUT2D eigenvalue weighted by molar-refractivity contribution is -0.189. The summed E-state index contributed by atoms with van der Waals surface area (Å²) in [7, 11) is 0. The summed E-state index contributed by atoms with van der Waals surface area (Å²) in [6.45, 7) is 0. The van der Waals surface area contributed by atoms with Crippen molar-refractivity contribution in [2.24, 2.45) is 11.7 Å². The zero-order valence-corrected chi connectivity index (χ0v) is 10.2. The molecule has 2 unspecified atom stereocenters. The van der Waals surface area contributed by atoms with Crippen molar-refractivity contribution in [3.8, 4) is 0 Å². The van der Waals surface area contributed by atoms with Gasteiger partial charge in [-0.3, -0.25) is 4.79 Å². The molecule has 3 N–H and O–H groups in total. The minimum Gasteiger partial charge on any atom is -0.351 e.